The number of carbonyl (C=O) groups is 1. The highest BCUT2D eigenvalue weighted by Crippen LogP contribution is 2.35. The summed E-state index contributed by atoms with van der Waals surface area (Å²) in [6.45, 7) is 3.10. The molecule has 0 saturated carbocycles. The molecule has 0 bridgehead atoms. The van der Waals surface area contributed by atoms with Crippen molar-refractivity contribution in [2.24, 2.45) is 0 Å². The standard InChI is InChI=1S/C20H20F3NO6/c1-12-10-16(25)18(27)19(29-12)15(11-17(26)24-6-8-28-9-7-24)13-2-4-14(5-3-13)30-20(21,22)23/h2-5,10,15,27H,6-9,11H2,1H3/t15-/m0/s1. The Morgan fingerprint density at radius 3 is 2.47 bits per heavy atom. The van der Waals surface area contributed by atoms with Gasteiger partial charge in [-0.15, -0.1) is 13.2 Å². The van der Waals surface area contributed by atoms with Gasteiger partial charge in [0.2, 0.25) is 17.1 Å². The number of morpholine rings is 1. The summed E-state index contributed by atoms with van der Waals surface area (Å²) in [7, 11) is 0. The lowest BCUT2D eigenvalue weighted by molar-refractivity contribution is -0.274. The van der Waals surface area contributed by atoms with E-state index in [9.17, 15) is 27.9 Å². The summed E-state index contributed by atoms with van der Waals surface area (Å²) in [5.74, 6) is -2.11. The minimum Gasteiger partial charge on any atom is -0.502 e. The quantitative estimate of drug-likeness (QED) is 0.789. The largest absolute Gasteiger partial charge is 0.573 e. The average Bonchev–Trinajstić information content (AvgIpc) is 2.69. The highest BCUT2D eigenvalue weighted by atomic mass is 19.4. The van der Waals surface area contributed by atoms with Crippen LogP contribution in [0.3, 0.4) is 0 Å². The minimum atomic E-state index is -4.84. The lowest BCUT2D eigenvalue weighted by Gasteiger charge is -2.28. The van der Waals surface area contributed by atoms with Gasteiger partial charge in [0.1, 0.15) is 11.5 Å². The van der Waals surface area contributed by atoms with Gasteiger partial charge in [-0.05, 0) is 24.6 Å². The van der Waals surface area contributed by atoms with E-state index in [1.807, 2.05) is 0 Å². The third-order valence-electron chi connectivity index (χ3n) is 4.65. The Bertz CT molecular complexity index is 948. The number of hydrogen-bond acceptors (Lipinski definition) is 6. The molecule has 0 unspecified atom stereocenters. The summed E-state index contributed by atoms with van der Waals surface area (Å²) >= 11 is 0. The first-order valence-electron chi connectivity index (χ1n) is 9.19. The maximum absolute atomic E-state index is 12.8. The molecule has 1 aliphatic rings. The Morgan fingerprint density at radius 1 is 1.23 bits per heavy atom. The molecule has 2 aromatic rings. The van der Waals surface area contributed by atoms with Gasteiger partial charge in [0.25, 0.3) is 0 Å². The van der Waals surface area contributed by atoms with Crippen LogP contribution in [0.4, 0.5) is 13.2 Å². The van der Waals surface area contributed by atoms with Crippen molar-refractivity contribution in [3.8, 4) is 11.5 Å². The van der Waals surface area contributed by atoms with Crippen molar-refractivity contribution < 1.29 is 37.0 Å². The number of aromatic hydroxyl groups is 1. The molecule has 1 atom stereocenters. The van der Waals surface area contributed by atoms with Gasteiger partial charge in [-0.2, -0.15) is 0 Å². The lowest BCUT2D eigenvalue weighted by Crippen LogP contribution is -2.41. The Labute approximate surface area is 169 Å². The fourth-order valence-corrected chi connectivity index (χ4v) is 3.24. The predicted octanol–water partition coefficient (Wildman–Crippen LogP) is 2.93. The van der Waals surface area contributed by atoms with Crippen LogP contribution in [-0.4, -0.2) is 48.6 Å². The molecular weight excluding hydrogens is 407 g/mol. The van der Waals surface area contributed by atoms with E-state index in [1.165, 1.54) is 19.1 Å². The Kier molecular flexibility index (Phi) is 6.35. The number of amides is 1. The van der Waals surface area contributed by atoms with Crippen LogP contribution >= 0.6 is 0 Å². The number of rotatable bonds is 5. The van der Waals surface area contributed by atoms with Crippen LogP contribution in [0.1, 0.15) is 29.4 Å². The molecule has 0 spiro atoms. The number of alkyl halides is 3. The number of nitrogens with zero attached hydrogens (tertiary/aromatic N) is 1. The Balaban J connectivity index is 1.95. The number of aryl methyl sites for hydroxylation is 1. The molecular formula is C20H20F3NO6. The van der Waals surface area contributed by atoms with Gasteiger partial charge in [-0.3, -0.25) is 9.59 Å². The molecule has 10 heteroatoms. The summed E-state index contributed by atoms with van der Waals surface area (Å²) in [6, 6.07) is 5.97. The van der Waals surface area contributed by atoms with Crippen LogP contribution in [0.5, 0.6) is 11.5 Å². The number of carbonyl (C=O) groups excluding carboxylic acids is 1. The smallest absolute Gasteiger partial charge is 0.502 e. The van der Waals surface area contributed by atoms with E-state index in [2.05, 4.69) is 4.74 Å². The van der Waals surface area contributed by atoms with Gasteiger partial charge >= 0.3 is 6.36 Å². The van der Waals surface area contributed by atoms with E-state index >= 15 is 0 Å². The SMILES string of the molecule is Cc1cc(=O)c(O)c([C@@H](CC(=O)N2CCOCC2)c2ccc(OC(F)(F)F)cc2)o1. The molecule has 3 rings (SSSR count). The van der Waals surface area contributed by atoms with Gasteiger partial charge < -0.3 is 23.9 Å². The second-order valence-corrected chi connectivity index (χ2v) is 6.80. The van der Waals surface area contributed by atoms with Gasteiger partial charge in [0.15, 0.2) is 5.76 Å². The fraction of sp³-hybridized carbons (Fsp3) is 0.400. The van der Waals surface area contributed by atoms with Gasteiger partial charge in [0, 0.05) is 25.6 Å². The maximum atomic E-state index is 12.8. The molecule has 1 N–H and O–H groups in total. The van der Waals surface area contributed by atoms with Crippen molar-refractivity contribution in [3.05, 3.63) is 57.6 Å². The summed E-state index contributed by atoms with van der Waals surface area (Å²) in [5.41, 5.74) is -0.287. The van der Waals surface area contributed by atoms with E-state index in [0.29, 0.717) is 31.9 Å². The van der Waals surface area contributed by atoms with Crippen LogP contribution in [0.15, 0.2) is 39.5 Å². The van der Waals surface area contributed by atoms with Crippen molar-refractivity contribution in [1.82, 2.24) is 4.90 Å². The van der Waals surface area contributed by atoms with Crippen molar-refractivity contribution in [1.29, 1.82) is 0 Å². The molecule has 1 fully saturated rings. The highest BCUT2D eigenvalue weighted by molar-refractivity contribution is 5.78. The summed E-state index contributed by atoms with van der Waals surface area (Å²) in [6.07, 6.45) is -4.99. The maximum Gasteiger partial charge on any atom is 0.573 e. The lowest BCUT2D eigenvalue weighted by atomic mass is 9.91. The van der Waals surface area contributed by atoms with E-state index in [0.717, 1.165) is 18.2 Å². The monoisotopic (exact) mass is 427 g/mol. The molecule has 1 aromatic carbocycles. The molecule has 2 heterocycles. The minimum absolute atomic E-state index is 0.119. The summed E-state index contributed by atoms with van der Waals surface area (Å²) in [5, 5.41) is 10.3. The van der Waals surface area contributed by atoms with Crippen molar-refractivity contribution in [3.63, 3.8) is 0 Å². The number of hydrogen-bond donors (Lipinski definition) is 1. The first kappa shape index (κ1) is 21.7. The average molecular weight is 427 g/mol. The Morgan fingerprint density at radius 2 is 1.87 bits per heavy atom. The molecule has 1 saturated heterocycles. The normalized spacial score (nSPS) is 15.7. The number of ether oxygens (including phenoxy) is 2. The predicted molar refractivity (Wildman–Crippen MR) is 98.4 cm³/mol. The first-order valence-corrected chi connectivity index (χ1v) is 9.19. The van der Waals surface area contributed by atoms with Crippen LogP contribution < -0.4 is 10.2 Å². The molecule has 162 valence electrons. The molecule has 30 heavy (non-hydrogen) atoms. The zero-order valence-corrected chi connectivity index (χ0v) is 16.1. The topological polar surface area (TPSA) is 89.2 Å². The van der Waals surface area contributed by atoms with Crippen molar-refractivity contribution >= 4 is 5.91 Å². The zero-order chi connectivity index (χ0) is 21.9. The summed E-state index contributed by atoms with van der Waals surface area (Å²) < 4.78 is 51.9. The van der Waals surface area contributed by atoms with Crippen LogP contribution in [0, 0.1) is 6.92 Å². The first-order chi connectivity index (χ1) is 14.1. The van der Waals surface area contributed by atoms with Gasteiger partial charge in [-0.25, -0.2) is 0 Å². The number of halogens is 3. The third-order valence-corrected chi connectivity index (χ3v) is 4.65. The van der Waals surface area contributed by atoms with E-state index < -0.39 is 29.2 Å². The number of benzene rings is 1. The van der Waals surface area contributed by atoms with Crippen LogP contribution in [0.2, 0.25) is 0 Å². The molecule has 0 radical (unpaired) electrons. The van der Waals surface area contributed by atoms with E-state index in [-0.39, 0.29) is 23.8 Å². The summed E-state index contributed by atoms with van der Waals surface area (Å²) in [4.78, 5) is 26.4. The van der Waals surface area contributed by atoms with Gasteiger partial charge in [0.05, 0.1) is 19.1 Å². The van der Waals surface area contributed by atoms with E-state index in [4.69, 9.17) is 9.15 Å². The second kappa shape index (κ2) is 8.78. The molecule has 7 nitrogen and oxygen atoms in total. The van der Waals surface area contributed by atoms with E-state index in [1.54, 1.807) is 4.90 Å². The van der Waals surface area contributed by atoms with Crippen molar-refractivity contribution in [2.45, 2.75) is 25.6 Å². The third kappa shape index (κ3) is 5.32. The zero-order valence-electron chi connectivity index (χ0n) is 16.1. The molecule has 1 amide bonds. The Hall–Kier alpha value is -3.01. The second-order valence-electron chi connectivity index (χ2n) is 6.80. The molecule has 1 aromatic heterocycles. The van der Waals surface area contributed by atoms with Gasteiger partial charge in [-0.1, -0.05) is 12.1 Å². The van der Waals surface area contributed by atoms with Crippen LogP contribution in [0.25, 0.3) is 0 Å². The van der Waals surface area contributed by atoms with Crippen LogP contribution in [-0.2, 0) is 9.53 Å². The fourth-order valence-electron chi connectivity index (χ4n) is 3.24. The highest BCUT2D eigenvalue weighted by Gasteiger charge is 2.32. The molecule has 0 aliphatic carbocycles. The molecule has 1 aliphatic heterocycles. The van der Waals surface area contributed by atoms with Crippen molar-refractivity contribution in [2.75, 3.05) is 26.3 Å².